The van der Waals surface area contributed by atoms with Gasteiger partial charge in [0.25, 0.3) is 10.0 Å². The van der Waals surface area contributed by atoms with Crippen molar-refractivity contribution in [3.05, 3.63) is 54.1 Å². The highest BCUT2D eigenvalue weighted by Crippen LogP contribution is 2.22. The Morgan fingerprint density at radius 1 is 1.00 bits per heavy atom. The minimum atomic E-state index is -3.99. The molecule has 2 N–H and O–H groups in total. The minimum Gasteiger partial charge on any atom is -0.426 e. The Hall–Kier alpha value is -2.87. The van der Waals surface area contributed by atoms with Gasteiger partial charge in [-0.3, -0.25) is 4.79 Å². The highest BCUT2D eigenvalue weighted by Gasteiger charge is 2.24. The Morgan fingerprint density at radius 3 is 2.22 bits per heavy atom. The molecule has 0 aliphatic carbocycles. The van der Waals surface area contributed by atoms with Gasteiger partial charge in [-0.15, -0.1) is 0 Å². The largest absolute Gasteiger partial charge is 0.426 e. The lowest BCUT2D eigenvalue weighted by Crippen LogP contribution is -2.34. The van der Waals surface area contributed by atoms with E-state index in [9.17, 15) is 18.0 Å². The predicted molar refractivity (Wildman–Crippen MR) is 102 cm³/mol. The second kappa shape index (κ2) is 7.79. The van der Waals surface area contributed by atoms with Crippen molar-refractivity contribution in [1.82, 2.24) is 4.72 Å². The standard InChI is InChI=1S/C19H22N2O5S/c1-13-8-10-16(11-9-13)27(24,25)21-18(23)20-14-6-5-7-15(12-14)26-17(22)19(2,3)4/h5-12H,1-4H3,(H2,20,21,23). The fraction of sp³-hybridized carbons (Fsp3) is 0.263. The van der Waals surface area contributed by atoms with Gasteiger partial charge in [-0.25, -0.2) is 17.9 Å². The van der Waals surface area contributed by atoms with Crippen molar-refractivity contribution < 1.29 is 22.7 Å². The smallest absolute Gasteiger partial charge is 0.333 e. The molecule has 0 fully saturated rings. The minimum absolute atomic E-state index is 0.0175. The summed E-state index contributed by atoms with van der Waals surface area (Å²) in [5.41, 5.74) is 0.508. The van der Waals surface area contributed by atoms with E-state index in [1.807, 2.05) is 11.6 Å². The van der Waals surface area contributed by atoms with E-state index < -0.39 is 27.4 Å². The topological polar surface area (TPSA) is 102 Å². The van der Waals surface area contributed by atoms with Crippen LogP contribution >= 0.6 is 0 Å². The highest BCUT2D eigenvalue weighted by molar-refractivity contribution is 7.90. The molecule has 2 aromatic carbocycles. The number of carbonyl (C=O) groups is 2. The van der Waals surface area contributed by atoms with Crippen molar-refractivity contribution >= 4 is 27.7 Å². The number of amides is 2. The van der Waals surface area contributed by atoms with Crippen LogP contribution in [0, 0.1) is 12.3 Å². The summed E-state index contributed by atoms with van der Waals surface area (Å²) in [5, 5.41) is 2.41. The van der Waals surface area contributed by atoms with E-state index in [0.717, 1.165) is 5.56 Å². The number of benzene rings is 2. The maximum Gasteiger partial charge on any atom is 0.333 e. The zero-order chi connectivity index (χ0) is 20.2. The Labute approximate surface area is 158 Å². The number of hydrogen-bond donors (Lipinski definition) is 2. The monoisotopic (exact) mass is 390 g/mol. The van der Waals surface area contributed by atoms with Crippen LogP contribution in [0.25, 0.3) is 0 Å². The predicted octanol–water partition coefficient (Wildman–Crippen LogP) is 3.46. The first-order chi connectivity index (χ1) is 12.5. The van der Waals surface area contributed by atoms with E-state index in [-0.39, 0.29) is 16.3 Å². The van der Waals surface area contributed by atoms with Gasteiger partial charge in [-0.05, 0) is 52.0 Å². The summed E-state index contributed by atoms with van der Waals surface area (Å²) in [5.74, 6) is -0.180. The number of rotatable bonds is 4. The van der Waals surface area contributed by atoms with Crippen molar-refractivity contribution in [2.75, 3.05) is 5.32 Å². The van der Waals surface area contributed by atoms with Gasteiger partial charge >= 0.3 is 12.0 Å². The van der Waals surface area contributed by atoms with E-state index in [2.05, 4.69) is 5.32 Å². The summed E-state index contributed by atoms with van der Waals surface area (Å²) in [6.07, 6.45) is 0. The molecule has 0 saturated heterocycles. The molecule has 0 bridgehead atoms. The molecule has 2 rings (SSSR count). The molecule has 0 aliphatic heterocycles. The van der Waals surface area contributed by atoms with E-state index >= 15 is 0 Å². The lowest BCUT2D eigenvalue weighted by molar-refractivity contribution is -0.142. The van der Waals surface area contributed by atoms with Gasteiger partial charge in [0.15, 0.2) is 0 Å². The van der Waals surface area contributed by atoms with Gasteiger partial charge in [0, 0.05) is 11.8 Å². The maximum atomic E-state index is 12.2. The molecule has 7 nitrogen and oxygen atoms in total. The first-order valence-corrected chi connectivity index (χ1v) is 9.68. The summed E-state index contributed by atoms with van der Waals surface area (Å²) in [6.45, 7) is 7.00. The number of esters is 1. The Balaban J connectivity index is 2.06. The van der Waals surface area contributed by atoms with Gasteiger partial charge < -0.3 is 10.1 Å². The fourth-order valence-electron chi connectivity index (χ4n) is 1.95. The van der Waals surface area contributed by atoms with Crippen molar-refractivity contribution in [2.45, 2.75) is 32.6 Å². The molecule has 0 radical (unpaired) electrons. The van der Waals surface area contributed by atoms with Crippen molar-refractivity contribution in [1.29, 1.82) is 0 Å². The summed E-state index contributed by atoms with van der Waals surface area (Å²) < 4.78 is 31.6. The molecule has 8 heteroatoms. The SMILES string of the molecule is Cc1ccc(S(=O)(=O)NC(=O)Nc2cccc(OC(=O)C(C)(C)C)c2)cc1. The van der Waals surface area contributed by atoms with Crippen molar-refractivity contribution in [2.24, 2.45) is 5.41 Å². The zero-order valence-corrected chi connectivity index (χ0v) is 16.4. The van der Waals surface area contributed by atoms with Crippen LogP contribution in [-0.2, 0) is 14.8 Å². The van der Waals surface area contributed by atoms with Crippen LogP contribution in [0.4, 0.5) is 10.5 Å². The average molecular weight is 390 g/mol. The molecule has 0 heterocycles. The molecule has 0 atom stereocenters. The first-order valence-electron chi connectivity index (χ1n) is 8.20. The summed E-state index contributed by atoms with van der Waals surface area (Å²) in [7, 11) is -3.99. The van der Waals surface area contributed by atoms with Crippen LogP contribution in [0.2, 0.25) is 0 Å². The van der Waals surface area contributed by atoms with Crippen LogP contribution in [0.5, 0.6) is 5.75 Å². The van der Waals surface area contributed by atoms with Crippen LogP contribution in [0.3, 0.4) is 0 Å². The number of urea groups is 1. The third kappa shape index (κ3) is 5.82. The molecule has 0 unspecified atom stereocenters. The van der Waals surface area contributed by atoms with Crippen LogP contribution < -0.4 is 14.8 Å². The molecule has 2 amide bonds. The van der Waals surface area contributed by atoms with Gasteiger partial charge in [-0.1, -0.05) is 23.8 Å². The van der Waals surface area contributed by atoms with Crippen molar-refractivity contribution in [3.8, 4) is 5.75 Å². The van der Waals surface area contributed by atoms with Crippen LogP contribution in [0.15, 0.2) is 53.4 Å². The zero-order valence-electron chi connectivity index (χ0n) is 15.6. The Morgan fingerprint density at radius 2 is 1.63 bits per heavy atom. The third-order valence-electron chi connectivity index (χ3n) is 3.47. The number of carbonyl (C=O) groups excluding carboxylic acids is 2. The molecule has 27 heavy (non-hydrogen) atoms. The normalized spacial score (nSPS) is 11.6. The Bertz CT molecular complexity index is 945. The Kier molecular flexibility index (Phi) is 5.90. The molecule has 0 saturated carbocycles. The number of anilines is 1. The van der Waals surface area contributed by atoms with E-state index in [0.29, 0.717) is 0 Å². The highest BCUT2D eigenvalue weighted by atomic mass is 32.2. The molecular formula is C19H22N2O5S. The lowest BCUT2D eigenvalue weighted by atomic mass is 9.97. The van der Waals surface area contributed by atoms with E-state index in [4.69, 9.17) is 4.74 Å². The second-order valence-corrected chi connectivity index (χ2v) is 8.72. The number of aryl methyl sites for hydroxylation is 1. The van der Waals surface area contributed by atoms with Gasteiger partial charge in [-0.2, -0.15) is 0 Å². The number of hydrogen-bond acceptors (Lipinski definition) is 5. The number of ether oxygens (including phenoxy) is 1. The number of sulfonamides is 1. The van der Waals surface area contributed by atoms with Gasteiger partial charge in [0.1, 0.15) is 5.75 Å². The molecule has 0 aromatic heterocycles. The summed E-state index contributed by atoms with van der Waals surface area (Å²) >= 11 is 0. The third-order valence-corrected chi connectivity index (χ3v) is 4.82. The average Bonchev–Trinajstić information content (AvgIpc) is 2.54. The molecule has 144 valence electrons. The van der Waals surface area contributed by atoms with Gasteiger partial charge in [0.2, 0.25) is 0 Å². The fourth-order valence-corrected chi connectivity index (χ4v) is 2.86. The van der Waals surface area contributed by atoms with Crippen LogP contribution in [0.1, 0.15) is 26.3 Å². The lowest BCUT2D eigenvalue weighted by Gasteiger charge is -2.16. The van der Waals surface area contributed by atoms with E-state index in [1.54, 1.807) is 51.1 Å². The van der Waals surface area contributed by atoms with Crippen molar-refractivity contribution in [3.63, 3.8) is 0 Å². The summed E-state index contributed by atoms with van der Waals surface area (Å²) in [4.78, 5) is 24.0. The quantitative estimate of drug-likeness (QED) is 0.615. The van der Waals surface area contributed by atoms with E-state index in [1.165, 1.54) is 18.2 Å². The van der Waals surface area contributed by atoms with Gasteiger partial charge in [0.05, 0.1) is 10.3 Å². The number of nitrogens with one attached hydrogen (secondary N) is 2. The molecule has 0 aliphatic rings. The maximum absolute atomic E-state index is 12.2. The molecular weight excluding hydrogens is 368 g/mol. The molecule has 0 spiro atoms. The first kappa shape index (κ1) is 20.4. The molecule has 2 aromatic rings. The second-order valence-electron chi connectivity index (χ2n) is 7.04. The van der Waals surface area contributed by atoms with Crippen LogP contribution in [-0.4, -0.2) is 20.4 Å². The summed E-state index contributed by atoms with van der Waals surface area (Å²) in [6, 6.07) is 11.3.